The van der Waals surface area contributed by atoms with Crippen molar-refractivity contribution in [1.82, 2.24) is 19.9 Å². The lowest BCUT2D eigenvalue weighted by molar-refractivity contribution is 1.08. The Balaban J connectivity index is 1.05. The van der Waals surface area contributed by atoms with E-state index in [-0.39, 0.29) is 0 Å². The van der Waals surface area contributed by atoms with Gasteiger partial charge in [0, 0.05) is 78.8 Å². The molecule has 0 spiro atoms. The monoisotopic (exact) mass is 774 g/mol. The van der Waals surface area contributed by atoms with Crippen LogP contribution in [0.1, 0.15) is 0 Å². The third-order valence-corrected chi connectivity index (χ3v) is 13.4. The number of benzene rings is 8. The van der Waals surface area contributed by atoms with E-state index < -0.39 is 0 Å². The minimum Gasteiger partial charge on any atom is -0.247 e. The first-order valence-corrected chi connectivity index (χ1v) is 20.9. The lowest BCUT2D eigenvalue weighted by Gasteiger charge is -2.13. The number of thiophene rings is 2. The molecule has 0 atom stereocenters. The third-order valence-electron chi connectivity index (χ3n) is 11.1. The van der Waals surface area contributed by atoms with Crippen LogP contribution >= 0.6 is 22.7 Å². The van der Waals surface area contributed by atoms with Crippen molar-refractivity contribution in [3.05, 3.63) is 182 Å². The van der Waals surface area contributed by atoms with E-state index in [2.05, 4.69) is 164 Å². The van der Waals surface area contributed by atoms with Gasteiger partial charge in [-0.2, -0.15) is 0 Å². The van der Waals surface area contributed by atoms with Gasteiger partial charge < -0.3 is 0 Å². The van der Waals surface area contributed by atoms with E-state index in [1.807, 2.05) is 29.5 Å². The Labute approximate surface area is 341 Å². The van der Waals surface area contributed by atoms with Crippen molar-refractivity contribution < 1.29 is 0 Å². The van der Waals surface area contributed by atoms with Crippen molar-refractivity contribution in [3.63, 3.8) is 0 Å². The van der Waals surface area contributed by atoms with Crippen LogP contribution in [-0.2, 0) is 0 Å². The first kappa shape index (κ1) is 33.1. The minimum absolute atomic E-state index is 0.630. The molecule has 270 valence electrons. The number of pyridine rings is 1. The largest absolute Gasteiger partial charge is 0.247 e. The Hall–Kier alpha value is -7.12. The summed E-state index contributed by atoms with van der Waals surface area (Å²) in [7, 11) is 0. The summed E-state index contributed by atoms with van der Waals surface area (Å²) >= 11 is 3.65. The van der Waals surface area contributed by atoms with E-state index in [9.17, 15) is 0 Å². The Morgan fingerprint density at radius 3 is 1.62 bits per heavy atom. The summed E-state index contributed by atoms with van der Waals surface area (Å²) in [6.45, 7) is 0. The topological polar surface area (TPSA) is 51.6 Å². The fourth-order valence-corrected chi connectivity index (χ4v) is 10.7. The van der Waals surface area contributed by atoms with Crippen molar-refractivity contribution in [2.24, 2.45) is 0 Å². The highest BCUT2D eigenvalue weighted by molar-refractivity contribution is 7.26. The first-order chi connectivity index (χ1) is 28.7. The molecule has 4 heterocycles. The van der Waals surface area contributed by atoms with Crippen LogP contribution in [0.5, 0.6) is 0 Å². The molecule has 8 aromatic carbocycles. The summed E-state index contributed by atoms with van der Waals surface area (Å²) in [5.74, 6) is 1.93. The van der Waals surface area contributed by atoms with Crippen molar-refractivity contribution in [1.29, 1.82) is 0 Å². The summed E-state index contributed by atoms with van der Waals surface area (Å²) in [6, 6.07) is 64.3. The van der Waals surface area contributed by atoms with Crippen molar-refractivity contribution in [2.75, 3.05) is 0 Å². The van der Waals surface area contributed by atoms with E-state index in [0.717, 1.165) is 55.4 Å². The molecule has 58 heavy (non-hydrogen) atoms. The van der Waals surface area contributed by atoms with Crippen LogP contribution in [0.25, 0.3) is 119 Å². The summed E-state index contributed by atoms with van der Waals surface area (Å²) in [4.78, 5) is 20.9. The van der Waals surface area contributed by atoms with Crippen LogP contribution in [0.4, 0.5) is 0 Å². The Morgan fingerprint density at radius 1 is 0.293 bits per heavy atom. The molecular formula is C52H30N4S2. The van der Waals surface area contributed by atoms with E-state index in [1.54, 1.807) is 11.3 Å². The Morgan fingerprint density at radius 2 is 0.845 bits per heavy atom. The van der Waals surface area contributed by atoms with Crippen LogP contribution in [0, 0.1) is 0 Å². The second-order valence-electron chi connectivity index (χ2n) is 14.5. The quantitative estimate of drug-likeness (QED) is 0.163. The zero-order chi connectivity index (χ0) is 38.2. The highest BCUT2D eigenvalue weighted by atomic mass is 32.1. The molecule has 4 aromatic heterocycles. The molecule has 0 N–H and O–H groups in total. The highest BCUT2D eigenvalue weighted by Crippen LogP contribution is 2.44. The van der Waals surface area contributed by atoms with E-state index >= 15 is 0 Å². The molecule has 0 unspecified atom stereocenters. The number of hydrogen-bond donors (Lipinski definition) is 0. The molecule has 0 aliphatic rings. The molecule has 0 fully saturated rings. The SMILES string of the molecule is c1ccc(-c2nc(-c3cccc(-c4ccc5c(c4)nc(-c4ccccc4)c4ccc6sc7ccccc7c6c45)c3)nc(-c3cccc4sc5ccccc5c34)n2)cc1. The molecule has 0 aliphatic carbocycles. The molecule has 0 saturated carbocycles. The third kappa shape index (κ3) is 5.34. The lowest BCUT2D eigenvalue weighted by atomic mass is 9.94. The minimum atomic E-state index is 0.630. The summed E-state index contributed by atoms with van der Waals surface area (Å²) in [5.41, 5.74) is 8.07. The summed E-state index contributed by atoms with van der Waals surface area (Å²) in [5, 5.41) is 8.52. The number of fused-ring (bicyclic) bond motifs is 10. The van der Waals surface area contributed by atoms with Crippen molar-refractivity contribution in [3.8, 4) is 56.5 Å². The Bertz CT molecular complexity index is 3570. The molecule has 0 radical (unpaired) electrons. The van der Waals surface area contributed by atoms with E-state index in [4.69, 9.17) is 19.9 Å². The molecule has 6 heteroatoms. The smallest absolute Gasteiger partial charge is 0.164 e. The zero-order valence-corrected chi connectivity index (χ0v) is 32.6. The van der Waals surface area contributed by atoms with Gasteiger partial charge in [-0.1, -0.05) is 146 Å². The number of nitrogens with zero attached hydrogens (tertiary/aromatic N) is 4. The number of aromatic nitrogens is 4. The maximum atomic E-state index is 5.42. The predicted octanol–water partition coefficient (Wildman–Crippen LogP) is 14.6. The molecule has 0 amide bonds. The zero-order valence-electron chi connectivity index (χ0n) is 30.9. The van der Waals surface area contributed by atoms with Crippen LogP contribution in [0.2, 0.25) is 0 Å². The van der Waals surface area contributed by atoms with Crippen LogP contribution in [0.15, 0.2) is 182 Å². The number of hydrogen-bond acceptors (Lipinski definition) is 6. The second-order valence-corrected chi connectivity index (χ2v) is 16.7. The van der Waals surface area contributed by atoms with Gasteiger partial charge in [0.25, 0.3) is 0 Å². The van der Waals surface area contributed by atoms with Gasteiger partial charge in [-0.05, 0) is 47.5 Å². The van der Waals surface area contributed by atoms with Gasteiger partial charge in [-0.15, -0.1) is 22.7 Å². The lowest BCUT2D eigenvalue weighted by Crippen LogP contribution is -2.00. The summed E-state index contributed by atoms with van der Waals surface area (Å²) < 4.78 is 5.04. The van der Waals surface area contributed by atoms with Crippen LogP contribution in [-0.4, -0.2) is 19.9 Å². The number of rotatable bonds is 5. The van der Waals surface area contributed by atoms with Gasteiger partial charge in [0.2, 0.25) is 0 Å². The maximum Gasteiger partial charge on any atom is 0.164 e. The Kier molecular flexibility index (Phi) is 7.55. The van der Waals surface area contributed by atoms with Crippen molar-refractivity contribution >= 4 is 84.7 Å². The molecule has 0 aliphatic heterocycles. The van der Waals surface area contributed by atoms with Gasteiger partial charge in [-0.25, -0.2) is 19.9 Å². The standard InChI is InChI=1S/C52H30N4S2/c1-3-13-31(14-4-1)49-39-27-28-45-48(38-20-8-10-23-43(38)58-45)47(39)36-26-25-34(30-41(36)53-49)33-17-11-18-35(29-33)51-54-50(32-15-5-2-6-16-32)55-52(56-51)40-21-12-24-44-46(40)37-19-7-9-22-42(37)57-44/h1-30H. The molecule has 12 aromatic rings. The second kappa shape index (κ2) is 13.2. The normalized spacial score (nSPS) is 11.8. The highest BCUT2D eigenvalue weighted by Gasteiger charge is 2.19. The van der Waals surface area contributed by atoms with Crippen LogP contribution in [0.3, 0.4) is 0 Å². The van der Waals surface area contributed by atoms with Gasteiger partial charge in [-0.3, -0.25) is 0 Å². The summed E-state index contributed by atoms with van der Waals surface area (Å²) in [6.07, 6.45) is 0. The van der Waals surface area contributed by atoms with Gasteiger partial charge in [0.15, 0.2) is 17.5 Å². The maximum absolute atomic E-state index is 5.42. The molecule has 0 bridgehead atoms. The molecule has 4 nitrogen and oxygen atoms in total. The fraction of sp³-hybridized carbons (Fsp3) is 0. The molecular weight excluding hydrogens is 745 g/mol. The fourth-order valence-electron chi connectivity index (χ4n) is 8.45. The van der Waals surface area contributed by atoms with Gasteiger partial charge in [0.05, 0.1) is 11.2 Å². The first-order valence-electron chi connectivity index (χ1n) is 19.3. The van der Waals surface area contributed by atoms with Gasteiger partial charge in [0.1, 0.15) is 0 Å². The van der Waals surface area contributed by atoms with Crippen LogP contribution < -0.4 is 0 Å². The average Bonchev–Trinajstić information content (AvgIpc) is 3.88. The average molecular weight is 775 g/mol. The molecule has 12 rings (SSSR count). The van der Waals surface area contributed by atoms with Crippen molar-refractivity contribution in [2.45, 2.75) is 0 Å². The van der Waals surface area contributed by atoms with E-state index in [1.165, 1.54) is 45.7 Å². The van der Waals surface area contributed by atoms with E-state index in [0.29, 0.717) is 17.5 Å². The van der Waals surface area contributed by atoms with Gasteiger partial charge >= 0.3 is 0 Å². The predicted molar refractivity (Wildman–Crippen MR) is 246 cm³/mol. The molecule has 0 saturated heterocycles.